The maximum atomic E-state index is 8.53. The van der Waals surface area contributed by atoms with Gasteiger partial charge in [-0.15, -0.1) is 0 Å². The third-order valence-corrected chi connectivity index (χ3v) is 1.95. The van der Waals surface area contributed by atoms with Crippen LogP contribution in [0.15, 0.2) is 17.4 Å². The zero-order valence-electron chi connectivity index (χ0n) is 8.44. The van der Waals surface area contributed by atoms with E-state index in [1.165, 1.54) is 6.20 Å². The summed E-state index contributed by atoms with van der Waals surface area (Å²) in [6, 6.07) is 1.55. The first-order valence-electron chi connectivity index (χ1n) is 4.35. The van der Waals surface area contributed by atoms with Gasteiger partial charge in [-0.2, -0.15) is 0 Å². The van der Waals surface area contributed by atoms with Crippen molar-refractivity contribution < 1.29 is 9.94 Å². The van der Waals surface area contributed by atoms with Crippen molar-refractivity contribution in [2.24, 2.45) is 10.9 Å². The highest BCUT2D eigenvalue weighted by atomic mass is 35.5. The van der Waals surface area contributed by atoms with Gasteiger partial charge in [-0.1, -0.05) is 16.8 Å². The zero-order valence-corrected chi connectivity index (χ0v) is 9.19. The number of nitrogens with two attached hydrogens (primary N) is 1. The third kappa shape index (κ3) is 2.73. The van der Waals surface area contributed by atoms with Gasteiger partial charge in [-0.3, -0.25) is 0 Å². The Labute approximate surface area is 92.5 Å². The van der Waals surface area contributed by atoms with E-state index in [4.69, 9.17) is 27.3 Å². The molecule has 0 fully saturated rings. The fourth-order valence-corrected chi connectivity index (χ4v) is 1.23. The number of oxime groups is 1. The SMILES string of the molecule is CC(C)Oc1nccc(/C(N)=N/O)c1Cl. The van der Waals surface area contributed by atoms with Crippen molar-refractivity contribution in [2.75, 3.05) is 0 Å². The summed E-state index contributed by atoms with van der Waals surface area (Å²) in [5, 5.41) is 11.6. The van der Waals surface area contributed by atoms with E-state index >= 15 is 0 Å². The molecule has 1 aromatic heterocycles. The second kappa shape index (κ2) is 4.84. The summed E-state index contributed by atoms with van der Waals surface area (Å²) < 4.78 is 5.35. The maximum Gasteiger partial charge on any atom is 0.233 e. The van der Waals surface area contributed by atoms with Gasteiger partial charge in [0.25, 0.3) is 0 Å². The van der Waals surface area contributed by atoms with Crippen molar-refractivity contribution in [3.05, 3.63) is 22.8 Å². The van der Waals surface area contributed by atoms with E-state index in [-0.39, 0.29) is 22.8 Å². The Morgan fingerprint density at radius 3 is 2.87 bits per heavy atom. The molecule has 0 spiro atoms. The van der Waals surface area contributed by atoms with E-state index in [0.29, 0.717) is 5.56 Å². The molecule has 0 aliphatic heterocycles. The molecule has 15 heavy (non-hydrogen) atoms. The van der Waals surface area contributed by atoms with Crippen LogP contribution in [-0.2, 0) is 0 Å². The van der Waals surface area contributed by atoms with Crippen molar-refractivity contribution >= 4 is 17.4 Å². The van der Waals surface area contributed by atoms with Crippen LogP contribution < -0.4 is 10.5 Å². The Kier molecular flexibility index (Phi) is 3.74. The molecule has 0 amide bonds. The first-order valence-corrected chi connectivity index (χ1v) is 4.73. The van der Waals surface area contributed by atoms with Gasteiger partial charge in [0.05, 0.1) is 6.10 Å². The van der Waals surface area contributed by atoms with Gasteiger partial charge in [0.15, 0.2) is 5.84 Å². The molecule has 0 bridgehead atoms. The summed E-state index contributed by atoms with van der Waals surface area (Å²) >= 11 is 5.97. The van der Waals surface area contributed by atoms with Gasteiger partial charge >= 0.3 is 0 Å². The summed E-state index contributed by atoms with van der Waals surface area (Å²) in [7, 11) is 0. The van der Waals surface area contributed by atoms with Gasteiger partial charge in [0.2, 0.25) is 5.88 Å². The Balaban J connectivity index is 3.11. The summed E-state index contributed by atoms with van der Waals surface area (Å²) in [6.07, 6.45) is 1.44. The second-order valence-electron chi connectivity index (χ2n) is 3.13. The van der Waals surface area contributed by atoms with E-state index < -0.39 is 0 Å². The van der Waals surface area contributed by atoms with Crippen LogP contribution in [-0.4, -0.2) is 22.1 Å². The number of ether oxygens (including phenoxy) is 1. The van der Waals surface area contributed by atoms with Crippen LogP contribution in [0.4, 0.5) is 0 Å². The highest BCUT2D eigenvalue weighted by Gasteiger charge is 2.12. The fourth-order valence-electron chi connectivity index (χ4n) is 0.982. The van der Waals surface area contributed by atoms with Crippen LogP contribution >= 0.6 is 11.6 Å². The zero-order chi connectivity index (χ0) is 11.4. The predicted octanol–water partition coefficient (Wildman–Crippen LogP) is 1.62. The summed E-state index contributed by atoms with van der Waals surface area (Å²) in [4.78, 5) is 3.95. The number of pyridine rings is 1. The molecule has 82 valence electrons. The number of nitrogens with zero attached hydrogens (tertiary/aromatic N) is 2. The minimum absolute atomic E-state index is 0.0439. The Morgan fingerprint density at radius 2 is 2.33 bits per heavy atom. The van der Waals surface area contributed by atoms with Crippen molar-refractivity contribution in [1.82, 2.24) is 4.98 Å². The minimum Gasteiger partial charge on any atom is -0.474 e. The molecule has 1 aromatic rings. The molecule has 0 radical (unpaired) electrons. The molecule has 0 saturated heterocycles. The topological polar surface area (TPSA) is 80.7 Å². The highest BCUT2D eigenvalue weighted by molar-refractivity contribution is 6.35. The van der Waals surface area contributed by atoms with Crippen molar-refractivity contribution in [2.45, 2.75) is 20.0 Å². The molecule has 3 N–H and O–H groups in total. The van der Waals surface area contributed by atoms with Gasteiger partial charge in [0.1, 0.15) is 5.02 Å². The first kappa shape index (κ1) is 11.6. The number of hydrogen-bond acceptors (Lipinski definition) is 4. The smallest absolute Gasteiger partial charge is 0.233 e. The van der Waals surface area contributed by atoms with Crippen molar-refractivity contribution in [3.8, 4) is 5.88 Å². The standard InChI is InChI=1S/C9H12ClN3O2/c1-5(2)15-9-7(10)6(3-4-12-9)8(11)13-14/h3-5,14H,1-2H3,(H2,11,13). The maximum absolute atomic E-state index is 8.53. The molecule has 0 saturated carbocycles. The second-order valence-corrected chi connectivity index (χ2v) is 3.51. The van der Waals surface area contributed by atoms with E-state index in [0.717, 1.165) is 0 Å². The fraction of sp³-hybridized carbons (Fsp3) is 0.333. The number of aromatic nitrogens is 1. The van der Waals surface area contributed by atoms with Crippen LogP contribution in [0.1, 0.15) is 19.4 Å². The number of halogens is 1. The molecule has 1 rings (SSSR count). The monoisotopic (exact) mass is 229 g/mol. The lowest BCUT2D eigenvalue weighted by atomic mass is 10.2. The average Bonchev–Trinajstić information content (AvgIpc) is 2.19. The van der Waals surface area contributed by atoms with Crippen LogP contribution in [0.5, 0.6) is 5.88 Å². The van der Waals surface area contributed by atoms with Gasteiger partial charge < -0.3 is 15.7 Å². The summed E-state index contributed by atoms with van der Waals surface area (Å²) in [5.41, 5.74) is 5.82. The van der Waals surface area contributed by atoms with E-state index in [1.807, 2.05) is 13.8 Å². The normalized spacial score (nSPS) is 11.9. The summed E-state index contributed by atoms with van der Waals surface area (Å²) in [5.74, 6) is 0.201. The first-order chi connectivity index (χ1) is 7.06. The molecule has 0 aliphatic carbocycles. The number of rotatable bonds is 3. The van der Waals surface area contributed by atoms with E-state index in [9.17, 15) is 0 Å². The lowest BCUT2D eigenvalue weighted by Crippen LogP contribution is -2.15. The third-order valence-electron chi connectivity index (χ3n) is 1.59. The Morgan fingerprint density at radius 1 is 1.67 bits per heavy atom. The Hall–Kier alpha value is -1.49. The van der Waals surface area contributed by atoms with E-state index in [1.54, 1.807) is 6.07 Å². The minimum atomic E-state index is -0.0731. The van der Waals surface area contributed by atoms with Crippen molar-refractivity contribution in [1.29, 1.82) is 0 Å². The lowest BCUT2D eigenvalue weighted by Gasteiger charge is -2.11. The quantitative estimate of drug-likeness (QED) is 0.357. The molecule has 5 nitrogen and oxygen atoms in total. The average molecular weight is 230 g/mol. The molecule has 0 aliphatic rings. The molecular weight excluding hydrogens is 218 g/mol. The molecular formula is C9H12ClN3O2. The van der Waals surface area contributed by atoms with Gasteiger partial charge in [-0.05, 0) is 19.9 Å². The Bertz CT molecular complexity index is 380. The molecule has 0 atom stereocenters. The van der Waals surface area contributed by atoms with E-state index in [2.05, 4.69) is 10.1 Å². The van der Waals surface area contributed by atoms with Crippen LogP contribution in [0.3, 0.4) is 0 Å². The summed E-state index contributed by atoms with van der Waals surface area (Å²) in [6.45, 7) is 3.71. The largest absolute Gasteiger partial charge is 0.474 e. The van der Waals surface area contributed by atoms with Gasteiger partial charge in [0, 0.05) is 11.8 Å². The van der Waals surface area contributed by atoms with Crippen LogP contribution in [0, 0.1) is 0 Å². The highest BCUT2D eigenvalue weighted by Crippen LogP contribution is 2.26. The molecule has 6 heteroatoms. The van der Waals surface area contributed by atoms with Crippen LogP contribution in [0.2, 0.25) is 5.02 Å². The van der Waals surface area contributed by atoms with Gasteiger partial charge in [-0.25, -0.2) is 4.98 Å². The molecule has 0 unspecified atom stereocenters. The number of hydrogen-bond donors (Lipinski definition) is 2. The molecule has 1 heterocycles. The van der Waals surface area contributed by atoms with Crippen LogP contribution in [0.25, 0.3) is 0 Å². The number of amidine groups is 1. The lowest BCUT2D eigenvalue weighted by molar-refractivity contribution is 0.233. The predicted molar refractivity (Wildman–Crippen MR) is 57.5 cm³/mol. The molecule has 0 aromatic carbocycles. The van der Waals surface area contributed by atoms with Crippen molar-refractivity contribution in [3.63, 3.8) is 0 Å².